The maximum Gasteiger partial charge on any atom is 0.180 e. The number of hydrogen-bond acceptors (Lipinski definition) is 2. The molecule has 0 amide bonds. The highest BCUT2D eigenvalue weighted by Crippen LogP contribution is 2.17. The summed E-state index contributed by atoms with van der Waals surface area (Å²) in [6, 6.07) is 1.73. The first-order chi connectivity index (χ1) is 5.66. The van der Waals surface area contributed by atoms with Crippen molar-refractivity contribution in [3.05, 3.63) is 28.5 Å². The van der Waals surface area contributed by atoms with E-state index in [1.165, 1.54) is 0 Å². The van der Waals surface area contributed by atoms with E-state index in [9.17, 15) is 4.79 Å². The first-order valence-corrected chi connectivity index (χ1v) is 4.28. The van der Waals surface area contributed by atoms with Crippen LogP contribution in [0.4, 0.5) is 0 Å². The van der Waals surface area contributed by atoms with E-state index in [1.54, 1.807) is 19.2 Å². The second-order valence-electron chi connectivity index (χ2n) is 2.35. The molecule has 1 rings (SSSR count). The minimum atomic E-state index is -0.188. The Morgan fingerprint density at radius 3 is 2.83 bits per heavy atom. The summed E-state index contributed by atoms with van der Waals surface area (Å²) in [4.78, 5) is 15.0. The molecule has 0 unspecified atom stereocenters. The number of aryl methyl sites for hydroxylation is 1. The zero-order valence-corrected chi connectivity index (χ0v) is 7.99. The molecule has 1 aromatic rings. The van der Waals surface area contributed by atoms with Gasteiger partial charge in [0.25, 0.3) is 0 Å². The summed E-state index contributed by atoms with van der Waals surface area (Å²) in [7, 11) is 0. The Morgan fingerprint density at radius 1 is 1.67 bits per heavy atom. The van der Waals surface area contributed by atoms with E-state index in [2.05, 4.69) is 4.98 Å². The molecule has 0 aliphatic rings. The lowest BCUT2D eigenvalue weighted by Crippen LogP contribution is -2.04. The fourth-order valence-electron chi connectivity index (χ4n) is 0.927. The van der Waals surface area contributed by atoms with Crippen LogP contribution in [0.1, 0.15) is 15.9 Å². The third kappa shape index (κ3) is 1.76. The monoisotopic (exact) mass is 203 g/mol. The zero-order chi connectivity index (χ0) is 9.14. The van der Waals surface area contributed by atoms with Crippen LogP contribution in [0.15, 0.2) is 12.3 Å². The van der Waals surface area contributed by atoms with Gasteiger partial charge in [-0.05, 0) is 18.6 Å². The molecule has 0 fully saturated rings. The number of alkyl halides is 1. The maximum absolute atomic E-state index is 11.2. The summed E-state index contributed by atoms with van der Waals surface area (Å²) >= 11 is 11.1. The van der Waals surface area contributed by atoms with Crippen molar-refractivity contribution in [3.8, 4) is 0 Å². The van der Waals surface area contributed by atoms with Crippen molar-refractivity contribution in [1.82, 2.24) is 4.98 Å². The predicted molar refractivity (Wildman–Crippen MR) is 49.0 cm³/mol. The second-order valence-corrected chi connectivity index (χ2v) is 2.98. The number of hydrogen-bond donors (Lipinski definition) is 0. The molecule has 0 saturated carbocycles. The number of nitrogens with zero attached hydrogens (tertiary/aromatic N) is 1. The Morgan fingerprint density at radius 2 is 2.33 bits per heavy atom. The van der Waals surface area contributed by atoms with Gasteiger partial charge in [-0.1, -0.05) is 11.6 Å². The van der Waals surface area contributed by atoms with Gasteiger partial charge < -0.3 is 0 Å². The second kappa shape index (κ2) is 3.87. The summed E-state index contributed by atoms with van der Waals surface area (Å²) in [6.45, 7) is 1.80. The predicted octanol–water partition coefficient (Wildman–Crippen LogP) is 2.46. The van der Waals surface area contributed by atoms with Gasteiger partial charge in [-0.15, -0.1) is 11.6 Å². The number of Topliss-reactive ketones (excluding diaryl/α,β-unsaturated/α-hetero) is 1. The largest absolute Gasteiger partial charge is 0.293 e. The molecule has 64 valence electrons. The molecule has 0 saturated heterocycles. The molecule has 1 aromatic heterocycles. The minimum Gasteiger partial charge on any atom is -0.293 e. The topological polar surface area (TPSA) is 30.0 Å². The van der Waals surface area contributed by atoms with Gasteiger partial charge in [-0.25, -0.2) is 4.98 Å². The van der Waals surface area contributed by atoms with E-state index in [1.807, 2.05) is 0 Å². The first-order valence-electron chi connectivity index (χ1n) is 3.37. The van der Waals surface area contributed by atoms with Crippen LogP contribution in [0.5, 0.6) is 0 Å². The normalized spacial score (nSPS) is 9.92. The van der Waals surface area contributed by atoms with Crippen LogP contribution in [0.25, 0.3) is 0 Å². The van der Waals surface area contributed by atoms with Crippen LogP contribution in [-0.4, -0.2) is 16.6 Å². The van der Waals surface area contributed by atoms with Crippen LogP contribution >= 0.6 is 23.2 Å². The molecule has 0 atom stereocenters. The van der Waals surface area contributed by atoms with E-state index in [4.69, 9.17) is 23.2 Å². The number of pyridine rings is 1. The van der Waals surface area contributed by atoms with Crippen molar-refractivity contribution in [2.24, 2.45) is 0 Å². The molecular weight excluding hydrogens is 197 g/mol. The molecule has 1 heterocycles. The Bertz CT molecular complexity index is 292. The smallest absolute Gasteiger partial charge is 0.180 e. The van der Waals surface area contributed by atoms with Crippen molar-refractivity contribution >= 4 is 29.0 Å². The van der Waals surface area contributed by atoms with Crippen molar-refractivity contribution < 1.29 is 4.79 Å². The Labute approximate surface area is 80.5 Å². The molecule has 2 nitrogen and oxygen atoms in total. The van der Waals surface area contributed by atoms with E-state index < -0.39 is 0 Å². The van der Waals surface area contributed by atoms with E-state index in [-0.39, 0.29) is 16.8 Å². The summed E-state index contributed by atoms with van der Waals surface area (Å²) in [6.07, 6.45) is 1.56. The zero-order valence-electron chi connectivity index (χ0n) is 6.47. The molecule has 0 N–H and O–H groups in total. The van der Waals surface area contributed by atoms with Gasteiger partial charge >= 0.3 is 0 Å². The average molecular weight is 204 g/mol. The Kier molecular flexibility index (Phi) is 3.06. The number of aromatic nitrogens is 1. The van der Waals surface area contributed by atoms with Gasteiger partial charge in [0.15, 0.2) is 5.78 Å². The van der Waals surface area contributed by atoms with Crippen LogP contribution in [-0.2, 0) is 0 Å². The molecule has 12 heavy (non-hydrogen) atoms. The molecule has 4 heteroatoms. The van der Waals surface area contributed by atoms with Gasteiger partial charge in [0.2, 0.25) is 0 Å². The Balaban J connectivity index is 3.21. The summed E-state index contributed by atoms with van der Waals surface area (Å²) in [5.74, 6) is -0.251. The van der Waals surface area contributed by atoms with Crippen molar-refractivity contribution in [1.29, 1.82) is 0 Å². The van der Waals surface area contributed by atoms with Gasteiger partial charge in [0, 0.05) is 6.20 Å². The first kappa shape index (κ1) is 9.49. The highest BCUT2D eigenvalue weighted by atomic mass is 35.5. The van der Waals surface area contributed by atoms with Crippen molar-refractivity contribution in [2.75, 3.05) is 5.88 Å². The maximum atomic E-state index is 11.2. The van der Waals surface area contributed by atoms with Gasteiger partial charge in [-0.2, -0.15) is 0 Å². The van der Waals surface area contributed by atoms with Crippen molar-refractivity contribution in [3.63, 3.8) is 0 Å². The van der Waals surface area contributed by atoms with Crippen LogP contribution < -0.4 is 0 Å². The quantitative estimate of drug-likeness (QED) is 0.420. The number of carbonyl (C=O) groups is 1. The number of carbonyl (C=O) groups excluding carboxylic acids is 1. The molecule has 0 aliphatic heterocycles. The van der Waals surface area contributed by atoms with Gasteiger partial charge in [0.1, 0.15) is 5.15 Å². The molecule has 0 spiro atoms. The SMILES string of the molecule is Cc1ccnc(Cl)c1C(=O)CCl. The third-order valence-corrected chi connectivity index (χ3v) is 2.04. The molecular formula is C8H7Cl2NO. The molecule has 0 radical (unpaired) electrons. The lowest BCUT2D eigenvalue weighted by atomic mass is 10.1. The lowest BCUT2D eigenvalue weighted by Gasteiger charge is -2.02. The lowest BCUT2D eigenvalue weighted by molar-refractivity contribution is 0.102. The fraction of sp³-hybridized carbons (Fsp3) is 0.250. The third-order valence-electron chi connectivity index (χ3n) is 1.51. The average Bonchev–Trinajstić information content (AvgIpc) is 2.03. The van der Waals surface area contributed by atoms with Gasteiger partial charge in [0.05, 0.1) is 11.4 Å². The Hall–Kier alpha value is -0.600. The molecule has 0 aliphatic carbocycles. The number of ketones is 1. The molecule has 0 aromatic carbocycles. The highest BCUT2D eigenvalue weighted by Gasteiger charge is 2.12. The number of halogens is 2. The van der Waals surface area contributed by atoms with Crippen molar-refractivity contribution in [2.45, 2.75) is 6.92 Å². The van der Waals surface area contributed by atoms with E-state index >= 15 is 0 Å². The standard InChI is InChI=1S/C8H7Cl2NO/c1-5-2-3-11-8(10)7(5)6(12)4-9/h2-3H,4H2,1H3. The summed E-state index contributed by atoms with van der Waals surface area (Å²) < 4.78 is 0. The fourth-order valence-corrected chi connectivity index (χ4v) is 1.37. The van der Waals surface area contributed by atoms with Gasteiger partial charge in [-0.3, -0.25) is 4.79 Å². The summed E-state index contributed by atoms with van der Waals surface area (Å²) in [5.41, 5.74) is 1.23. The number of rotatable bonds is 2. The highest BCUT2D eigenvalue weighted by molar-refractivity contribution is 6.36. The molecule has 0 bridgehead atoms. The van der Waals surface area contributed by atoms with Crippen LogP contribution in [0.2, 0.25) is 5.15 Å². The van der Waals surface area contributed by atoms with Crippen LogP contribution in [0.3, 0.4) is 0 Å². The summed E-state index contributed by atoms with van der Waals surface area (Å²) in [5, 5.41) is 0.223. The van der Waals surface area contributed by atoms with Crippen LogP contribution in [0, 0.1) is 6.92 Å². The van der Waals surface area contributed by atoms with E-state index in [0.717, 1.165) is 5.56 Å². The van der Waals surface area contributed by atoms with E-state index in [0.29, 0.717) is 5.56 Å². The minimum absolute atomic E-state index is 0.0632.